The maximum Gasteiger partial charge on any atom is 0.345 e. The lowest BCUT2D eigenvalue weighted by Gasteiger charge is -2.09. The fourth-order valence-electron chi connectivity index (χ4n) is 2.17. The summed E-state index contributed by atoms with van der Waals surface area (Å²) in [5, 5.41) is 14.4. The van der Waals surface area contributed by atoms with Gasteiger partial charge in [0.25, 0.3) is 0 Å². The summed E-state index contributed by atoms with van der Waals surface area (Å²) in [6.45, 7) is 3.16. The van der Waals surface area contributed by atoms with Gasteiger partial charge in [-0.05, 0) is 36.0 Å². The molecule has 0 bridgehead atoms. The third kappa shape index (κ3) is 2.69. The van der Waals surface area contributed by atoms with Crippen LogP contribution >= 0.6 is 11.3 Å². The van der Waals surface area contributed by atoms with Gasteiger partial charge >= 0.3 is 5.00 Å². The predicted octanol–water partition coefficient (Wildman–Crippen LogP) is 2.90. The summed E-state index contributed by atoms with van der Waals surface area (Å²) >= 11 is 1.10. The Morgan fingerprint density at radius 1 is 1.69 bits per heavy atom. The average molecular weight is 241 g/mol. The Balaban J connectivity index is 1.83. The second-order valence-corrected chi connectivity index (χ2v) is 5.44. The molecule has 6 heteroatoms. The van der Waals surface area contributed by atoms with Gasteiger partial charge in [-0.3, -0.25) is 10.1 Å². The van der Waals surface area contributed by atoms with Crippen molar-refractivity contribution in [1.82, 2.24) is 4.98 Å². The van der Waals surface area contributed by atoms with Gasteiger partial charge in [0.2, 0.25) is 0 Å². The van der Waals surface area contributed by atoms with Crippen molar-refractivity contribution in [3.8, 4) is 0 Å². The summed E-state index contributed by atoms with van der Waals surface area (Å²) in [6, 6.07) is 0. The van der Waals surface area contributed by atoms with Crippen LogP contribution in [0.3, 0.4) is 0 Å². The highest BCUT2D eigenvalue weighted by atomic mass is 32.1. The van der Waals surface area contributed by atoms with Crippen molar-refractivity contribution >= 4 is 21.5 Å². The standard InChI is InChI=1S/C10H15N3O2S/c1-7-2-3-8(4-7)5-11-10-12-6-9(16-10)13(14)15/h6-8H,2-5H2,1H3,(H,11,12). The van der Waals surface area contributed by atoms with Gasteiger partial charge in [0.05, 0.1) is 4.92 Å². The third-order valence-electron chi connectivity index (χ3n) is 3.02. The van der Waals surface area contributed by atoms with Crippen LogP contribution in [0.15, 0.2) is 6.20 Å². The highest BCUT2D eigenvalue weighted by Gasteiger charge is 2.21. The molecule has 0 saturated heterocycles. The van der Waals surface area contributed by atoms with Crippen LogP contribution in [0.2, 0.25) is 0 Å². The lowest BCUT2D eigenvalue weighted by molar-refractivity contribution is -0.380. The second-order valence-electron chi connectivity index (χ2n) is 4.43. The van der Waals surface area contributed by atoms with Gasteiger partial charge in [0.1, 0.15) is 6.20 Å². The van der Waals surface area contributed by atoms with Gasteiger partial charge in [-0.25, -0.2) is 4.98 Å². The van der Waals surface area contributed by atoms with Crippen LogP contribution in [0.4, 0.5) is 10.1 Å². The molecule has 2 atom stereocenters. The molecule has 2 rings (SSSR count). The van der Waals surface area contributed by atoms with Crippen LogP contribution < -0.4 is 5.32 Å². The minimum absolute atomic E-state index is 0.0993. The van der Waals surface area contributed by atoms with E-state index >= 15 is 0 Å². The van der Waals surface area contributed by atoms with E-state index in [2.05, 4.69) is 17.2 Å². The molecule has 5 nitrogen and oxygen atoms in total. The molecular weight excluding hydrogens is 226 g/mol. The highest BCUT2D eigenvalue weighted by Crippen LogP contribution is 2.31. The number of hydrogen-bond donors (Lipinski definition) is 1. The molecule has 1 fully saturated rings. The van der Waals surface area contributed by atoms with Crippen molar-refractivity contribution in [2.45, 2.75) is 26.2 Å². The normalized spacial score (nSPS) is 24.6. The molecule has 1 aliphatic rings. The summed E-state index contributed by atoms with van der Waals surface area (Å²) in [7, 11) is 0. The maximum absolute atomic E-state index is 10.5. The zero-order valence-electron chi connectivity index (χ0n) is 9.18. The summed E-state index contributed by atoms with van der Waals surface area (Å²) < 4.78 is 0. The third-order valence-corrected chi connectivity index (χ3v) is 3.93. The summed E-state index contributed by atoms with van der Waals surface area (Å²) in [5.41, 5.74) is 0. The molecular formula is C10H15N3O2S. The fourth-order valence-corrected chi connectivity index (χ4v) is 2.81. The number of nitrogens with zero attached hydrogens (tertiary/aromatic N) is 2. The van der Waals surface area contributed by atoms with Crippen molar-refractivity contribution in [3.05, 3.63) is 16.3 Å². The van der Waals surface area contributed by atoms with E-state index in [9.17, 15) is 10.1 Å². The van der Waals surface area contributed by atoms with E-state index in [0.29, 0.717) is 11.0 Å². The van der Waals surface area contributed by atoms with Crippen LogP contribution in [-0.2, 0) is 0 Å². The number of rotatable bonds is 4. The van der Waals surface area contributed by atoms with Crippen LogP contribution in [0.1, 0.15) is 26.2 Å². The maximum atomic E-state index is 10.5. The van der Waals surface area contributed by atoms with Gasteiger partial charge < -0.3 is 5.32 Å². The van der Waals surface area contributed by atoms with E-state index in [4.69, 9.17) is 0 Å². The lowest BCUT2D eigenvalue weighted by atomic mass is 10.1. The molecule has 16 heavy (non-hydrogen) atoms. The van der Waals surface area contributed by atoms with E-state index in [0.717, 1.165) is 23.8 Å². The monoisotopic (exact) mass is 241 g/mol. The molecule has 0 spiro atoms. The summed E-state index contributed by atoms with van der Waals surface area (Å²) in [6.07, 6.45) is 5.11. The lowest BCUT2D eigenvalue weighted by Crippen LogP contribution is -2.11. The van der Waals surface area contributed by atoms with E-state index in [-0.39, 0.29) is 5.00 Å². The smallest absolute Gasteiger partial charge is 0.345 e. The Labute approximate surface area is 98.0 Å². The molecule has 2 unspecified atom stereocenters. The second kappa shape index (κ2) is 4.78. The summed E-state index contributed by atoms with van der Waals surface area (Å²) in [5.74, 6) is 1.51. The van der Waals surface area contributed by atoms with Crippen LogP contribution in [0.25, 0.3) is 0 Å². The Bertz CT molecular complexity index is 380. The molecule has 1 aromatic heterocycles. The Morgan fingerprint density at radius 3 is 3.06 bits per heavy atom. The van der Waals surface area contributed by atoms with Crippen LogP contribution in [-0.4, -0.2) is 16.5 Å². The van der Waals surface area contributed by atoms with E-state index in [1.165, 1.54) is 25.5 Å². The van der Waals surface area contributed by atoms with Crippen molar-refractivity contribution < 1.29 is 4.92 Å². The molecule has 0 radical (unpaired) electrons. The molecule has 0 amide bonds. The largest absolute Gasteiger partial charge is 0.361 e. The van der Waals surface area contributed by atoms with Crippen molar-refractivity contribution in [2.75, 3.05) is 11.9 Å². The quantitative estimate of drug-likeness (QED) is 0.650. The van der Waals surface area contributed by atoms with Crippen LogP contribution in [0, 0.1) is 22.0 Å². The fraction of sp³-hybridized carbons (Fsp3) is 0.700. The molecule has 0 aromatic carbocycles. The van der Waals surface area contributed by atoms with E-state index in [1.54, 1.807) is 0 Å². The van der Waals surface area contributed by atoms with Gasteiger partial charge in [0.15, 0.2) is 5.13 Å². The first-order valence-electron chi connectivity index (χ1n) is 5.49. The molecule has 0 aliphatic heterocycles. The van der Waals surface area contributed by atoms with E-state index in [1.807, 2.05) is 0 Å². The number of aromatic nitrogens is 1. The van der Waals surface area contributed by atoms with Gasteiger partial charge in [-0.15, -0.1) is 0 Å². The van der Waals surface area contributed by atoms with E-state index < -0.39 is 4.92 Å². The average Bonchev–Trinajstić information content (AvgIpc) is 2.83. The molecule has 1 N–H and O–H groups in total. The van der Waals surface area contributed by atoms with Gasteiger partial charge in [0, 0.05) is 6.54 Å². The minimum atomic E-state index is -0.402. The first-order chi connectivity index (χ1) is 7.65. The Morgan fingerprint density at radius 2 is 2.50 bits per heavy atom. The molecule has 1 aromatic rings. The topological polar surface area (TPSA) is 68.1 Å². The SMILES string of the molecule is CC1CCC(CNc2ncc([N+](=O)[O-])s2)C1. The number of nitrogens with one attached hydrogen (secondary N) is 1. The number of hydrogen-bond acceptors (Lipinski definition) is 5. The number of nitro groups is 1. The Kier molecular flexibility index (Phi) is 3.38. The highest BCUT2D eigenvalue weighted by molar-refractivity contribution is 7.18. The van der Waals surface area contributed by atoms with Crippen molar-refractivity contribution in [1.29, 1.82) is 0 Å². The molecule has 1 aliphatic carbocycles. The zero-order valence-corrected chi connectivity index (χ0v) is 10.00. The minimum Gasteiger partial charge on any atom is -0.361 e. The van der Waals surface area contributed by atoms with Crippen molar-refractivity contribution in [3.63, 3.8) is 0 Å². The van der Waals surface area contributed by atoms with Gasteiger partial charge in [-0.2, -0.15) is 0 Å². The zero-order chi connectivity index (χ0) is 11.5. The summed E-state index contributed by atoms with van der Waals surface area (Å²) in [4.78, 5) is 14.0. The first-order valence-corrected chi connectivity index (χ1v) is 6.31. The van der Waals surface area contributed by atoms with Crippen LogP contribution in [0.5, 0.6) is 0 Å². The molecule has 1 heterocycles. The van der Waals surface area contributed by atoms with Gasteiger partial charge in [-0.1, -0.05) is 13.3 Å². The molecule has 1 saturated carbocycles. The predicted molar refractivity (Wildman–Crippen MR) is 63.8 cm³/mol. The molecule has 88 valence electrons. The Hall–Kier alpha value is -1.17. The number of anilines is 1. The number of thiazole rings is 1. The van der Waals surface area contributed by atoms with Crippen molar-refractivity contribution in [2.24, 2.45) is 11.8 Å². The first kappa shape index (κ1) is 11.3.